The van der Waals surface area contributed by atoms with Crippen LogP contribution in [-0.4, -0.2) is 23.4 Å². The molecule has 3 amide bonds. The van der Waals surface area contributed by atoms with E-state index in [1.165, 1.54) is 0 Å². The fraction of sp³-hybridized carbons (Fsp3) is 0.333. The predicted octanol–water partition coefficient (Wildman–Crippen LogP) is 1.13. The Morgan fingerprint density at radius 2 is 2.09 bits per heavy atom. The van der Waals surface area contributed by atoms with E-state index in [2.05, 4.69) is 19.2 Å². The van der Waals surface area contributed by atoms with Crippen molar-refractivity contribution in [3.63, 3.8) is 0 Å². The number of amides is 3. The van der Waals surface area contributed by atoms with Gasteiger partial charge in [0.1, 0.15) is 0 Å². The molecule has 0 radical (unpaired) electrons. The van der Waals surface area contributed by atoms with E-state index in [-0.39, 0.29) is 5.91 Å². The second-order valence-corrected chi connectivity index (χ2v) is 5.77. The number of benzene rings is 1. The molecular formula is C18H23N3O2. The van der Waals surface area contributed by atoms with Crippen LogP contribution in [0.4, 0.5) is 4.79 Å². The van der Waals surface area contributed by atoms with Crippen molar-refractivity contribution >= 4 is 23.8 Å². The topological polar surface area (TPSA) is 75.4 Å². The lowest BCUT2D eigenvalue weighted by atomic mass is 9.98. The highest BCUT2D eigenvalue weighted by molar-refractivity contribution is 5.99. The van der Waals surface area contributed by atoms with E-state index in [0.29, 0.717) is 18.9 Å². The number of nitrogens with zero attached hydrogens (tertiary/aromatic N) is 1. The van der Waals surface area contributed by atoms with Crippen molar-refractivity contribution < 1.29 is 9.59 Å². The van der Waals surface area contributed by atoms with Crippen LogP contribution in [0, 0.1) is 0 Å². The third-order valence-electron chi connectivity index (χ3n) is 3.87. The van der Waals surface area contributed by atoms with E-state index in [4.69, 9.17) is 5.73 Å². The standard InChI is InChI=1S/C18H23N3O2/c1-4-6-16(21-10-9-17(22)20-18(21)23)14-8-5-7-13(12(2)3)15(14)11-19/h4-8,11-12H,9-10,19H2,1-3H3,(H,20,22,23)/b6-4-,15-11-,16-14+. The molecule has 1 aliphatic rings. The first-order chi connectivity index (χ1) is 11.0. The van der Waals surface area contributed by atoms with Crippen molar-refractivity contribution in [3.05, 3.63) is 46.4 Å². The van der Waals surface area contributed by atoms with Gasteiger partial charge in [0.2, 0.25) is 5.91 Å². The lowest BCUT2D eigenvalue weighted by Crippen LogP contribution is -2.50. The molecule has 0 spiro atoms. The third kappa shape index (κ3) is 3.44. The molecule has 0 bridgehead atoms. The van der Waals surface area contributed by atoms with Gasteiger partial charge in [-0.1, -0.05) is 38.1 Å². The Hall–Kier alpha value is -2.56. The average molecular weight is 313 g/mol. The maximum Gasteiger partial charge on any atom is 0.328 e. The molecule has 0 atom stereocenters. The van der Waals surface area contributed by atoms with Crippen molar-refractivity contribution in [1.29, 1.82) is 0 Å². The van der Waals surface area contributed by atoms with E-state index in [1.807, 2.05) is 37.3 Å². The summed E-state index contributed by atoms with van der Waals surface area (Å²) in [5.41, 5.74) is 7.75. The van der Waals surface area contributed by atoms with Crippen molar-refractivity contribution in [2.75, 3.05) is 6.54 Å². The van der Waals surface area contributed by atoms with Gasteiger partial charge in [-0.3, -0.25) is 15.0 Å². The van der Waals surface area contributed by atoms with E-state index < -0.39 is 6.03 Å². The Bertz CT molecular complexity index is 763. The van der Waals surface area contributed by atoms with Crippen molar-refractivity contribution in [2.24, 2.45) is 5.73 Å². The summed E-state index contributed by atoms with van der Waals surface area (Å²) in [5, 5.41) is 4.17. The number of carbonyl (C=O) groups is 2. The lowest BCUT2D eigenvalue weighted by molar-refractivity contribution is -0.121. The minimum Gasteiger partial charge on any atom is -0.404 e. The molecule has 3 N–H and O–H groups in total. The summed E-state index contributed by atoms with van der Waals surface area (Å²) in [7, 11) is 0. The number of nitrogens with two attached hydrogens (primary N) is 1. The Balaban J connectivity index is 2.75. The molecule has 1 aromatic carbocycles. The minimum atomic E-state index is -0.396. The molecule has 23 heavy (non-hydrogen) atoms. The van der Waals surface area contributed by atoms with Gasteiger partial charge in [-0.15, -0.1) is 0 Å². The van der Waals surface area contributed by atoms with Crippen molar-refractivity contribution in [3.8, 4) is 0 Å². The number of carbonyl (C=O) groups excluding carboxylic acids is 2. The monoisotopic (exact) mass is 313 g/mol. The summed E-state index contributed by atoms with van der Waals surface area (Å²) in [6.07, 6.45) is 5.63. The van der Waals surface area contributed by atoms with Crippen LogP contribution in [-0.2, 0) is 4.79 Å². The molecule has 1 aliphatic heterocycles. The Morgan fingerprint density at radius 3 is 2.65 bits per heavy atom. The van der Waals surface area contributed by atoms with Crippen LogP contribution in [0.1, 0.15) is 38.7 Å². The fourth-order valence-electron chi connectivity index (χ4n) is 2.77. The molecular weight excluding hydrogens is 290 g/mol. The summed E-state index contributed by atoms with van der Waals surface area (Å²) in [4.78, 5) is 25.2. The number of urea groups is 1. The highest BCUT2D eigenvalue weighted by Gasteiger charge is 2.25. The van der Waals surface area contributed by atoms with Gasteiger partial charge in [0.05, 0.1) is 5.70 Å². The highest BCUT2D eigenvalue weighted by Crippen LogP contribution is 2.12. The second-order valence-electron chi connectivity index (χ2n) is 5.77. The molecule has 122 valence electrons. The average Bonchev–Trinajstić information content (AvgIpc) is 2.52. The zero-order valence-electron chi connectivity index (χ0n) is 13.8. The Kier molecular flexibility index (Phi) is 5.21. The minimum absolute atomic E-state index is 0.243. The molecule has 5 heteroatoms. The van der Waals surface area contributed by atoms with Gasteiger partial charge in [0.15, 0.2) is 0 Å². The molecule has 2 rings (SSSR count). The Morgan fingerprint density at radius 1 is 1.35 bits per heavy atom. The maximum absolute atomic E-state index is 12.2. The van der Waals surface area contributed by atoms with E-state index >= 15 is 0 Å². The molecule has 0 aromatic heterocycles. The van der Waals surface area contributed by atoms with Crippen molar-refractivity contribution in [1.82, 2.24) is 10.2 Å². The highest BCUT2D eigenvalue weighted by atomic mass is 16.2. The van der Waals surface area contributed by atoms with E-state index in [1.54, 1.807) is 11.1 Å². The first-order valence-corrected chi connectivity index (χ1v) is 7.78. The second kappa shape index (κ2) is 7.13. The first kappa shape index (κ1) is 16.8. The normalized spacial score (nSPS) is 17.9. The smallest absolute Gasteiger partial charge is 0.328 e. The van der Waals surface area contributed by atoms with E-state index in [0.717, 1.165) is 21.7 Å². The number of hydrogen-bond acceptors (Lipinski definition) is 3. The summed E-state index contributed by atoms with van der Waals surface area (Å²) >= 11 is 0. The molecule has 1 heterocycles. The maximum atomic E-state index is 12.2. The largest absolute Gasteiger partial charge is 0.404 e. The fourth-order valence-corrected chi connectivity index (χ4v) is 2.77. The zero-order valence-corrected chi connectivity index (χ0v) is 13.8. The number of allylic oxidation sites excluding steroid dienone is 1. The predicted molar refractivity (Wildman–Crippen MR) is 91.5 cm³/mol. The van der Waals surface area contributed by atoms with Gasteiger partial charge in [-0.05, 0) is 24.5 Å². The summed E-state index contributed by atoms with van der Waals surface area (Å²) in [6.45, 7) is 6.47. The lowest BCUT2D eigenvalue weighted by Gasteiger charge is -2.27. The van der Waals surface area contributed by atoms with Gasteiger partial charge in [0, 0.05) is 29.6 Å². The number of imide groups is 1. The molecule has 1 saturated heterocycles. The summed E-state index contributed by atoms with van der Waals surface area (Å²) in [6, 6.07) is 5.56. The van der Waals surface area contributed by atoms with Crippen LogP contribution < -0.4 is 21.5 Å². The van der Waals surface area contributed by atoms with Crippen molar-refractivity contribution in [2.45, 2.75) is 33.1 Å². The summed E-state index contributed by atoms with van der Waals surface area (Å²) in [5.74, 6) is 0.0704. The van der Waals surface area contributed by atoms with Gasteiger partial charge in [-0.25, -0.2) is 4.79 Å². The molecule has 0 unspecified atom stereocenters. The summed E-state index contributed by atoms with van der Waals surface area (Å²) < 4.78 is 0. The van der Waals surface area contributed by atoms with Gasteiger partial charge in [0.25, 0.3) is 0 Å². The van der Waals surface area contributed by atoms with E-state index in [9.17, 15) is 9.59 Å². The molecule has 0 saturated carbocycles. The number of hydrogen-bond donors (Lipinski definition) is 2. The zero-order chi connectivity index (χ0) is 17.0. The molecule has 1 aromatic rings. The number of rotatable bonds is 3. The first-order valence-electron chi connectivity index (χ1n) is 7.78. The van der Waals surface area contributed by atoms with Crippen LogP contribution in [0.3, 0.4) is 0 Å². The quantitative estimate of drug-likeness (QED) is 0.878. The van der Waals surface area contributed by atoms with Gasteiger partial charge in [-0.2, -0.15) is 0 Å². The molecule has 1 fully saturated rings. The van der Waals surface area contributed by atoms with Crippen LogP contribution >= 0.6 is 0 Å². The van der Waals surface area contributed by atoms with Gasteiger partial charge < -0.3 is 5.73 Å². The SMILES string of the molecule is C\C=C/C(=c1/cccc(C(C)C)/c1=C/N)N1CCC(=O)NC1=O. The van der Waals surface area contributed by atoms with Crippen LogP contribution in [0.15, 0.2) is 30.4 Å². The van der Waals surface area contributed by atoms with Gasteiger partial charge >= 0.3 is 6.03 Å². The third-order valence-corrected chi connectivity index (χ3v) is 3.87. The van der Waals surface area contributed by atoms with Crippen LogP contribution in [0.5, 0.6) is 0 Å². The van der Waals surface area contributed by atoms with Crippen LogP contribution in [0.2, 0.25) is 0 Å². The molecule has 5 nitrogen and oxygen atoms in total. The Labute approximate surface area is 136 Å². The van der Waals surface area contributed by atoms with Crippen LogP contribution in [0.25, 0.3) is 11.9 Å². The molecule has 0 aliphatic carbocycles. The number of nitrogens with one attached hydrogen (secondary N) is 1.